The molecule has 1 aliphatic heterocycles. The Kier molecular flexibility index (Phi) is 4.51. The SMILES string of the molecule is COc1cccc(C(=O)N2CCc3sccc3[C@H]2c2ccc(C)cc2)c1. The van der Waals surface area contributed by atoms with Crippen molar-refractivity contribution in [1.82, 2.24) is 4.90 Å². The molecule has 1 atom stereocenters. The molecule has 0 spiro atoms. The van der Waals surface area contributed by atoms with Crippen LogP contribution in [0.25, 0.3) is 0 Å². The fourth-order valence-corrected chi connectivity index (χ4v) is 4.47. The predicted octanol–water partition coefficient (Wildman–Crippen LogP) is 4.85. The first kappa shape index (κ1) is 16.9. The van der Waals surface area contributed by atoms with Gasteiger partial charge in [-0.25, -0.2) is 0 Å². The maximum absolute atomic E-state index is 13.3. The predicted molar refractivity (Wildman–Crippen MR) is 105 cm³/mol. The number of amides is 1. The van der Waals surface area contributed by atoms with Gasteiger partial charge in [0.25, 0.3) is 5.91 Å². The van der Waals surface area contributed by atoms with Crippen LogP contribution in [0.5, 0.6) is 5.75 Å². The first-order chi connectivity index (χ1) is 12.7. The number of aryl methyl sites for hydroxylation is 1. The molecule has 4 heteroatoms. The molecule has 132 valence electrons. The number of hydrogen-bond acceptors (Lipinski definition) is 3. The summed E-state index contributed by atoms with van der Waals surface area (Å²) in [5.41, 5.74) is 4.30. The van der Waals surface area contributed by atoms with E-state index in [0.717, 1.165) is 18.5 Å². The van der Waals surface area contributed by atoms with Gasteiger partial charge in [0.05, 0.1) is 13.2 Å². The molecule has 0 aliphatic carbocycles. The van der Waals surface area contributed by atoms with Crippen LogP contribution in [0, 0.1) is 6.92 Å². The van der Waals surface area contributed by atoms with Crippen LogP contribution in [-0.2, 0) is 6.42 Å². The van der Waals surface area contributed by atoms with Crippen molar-refractivity contribution in [3.63, 3.8) is 0 Å². The van der Waals surface area contributed by atoms with Crippen LogP contribution in [0.15, 0.2) is 60.0 Å². The minimum Gasteiger partial charge on any atom is -0.497 e. The number of carbonyl (C=O) groups is 1. The van der Waals surface area contributed by atoms with Crippen molar-refractivity contribution in [3.8, 4) is 5.75 Å². The second kappa shape index (κ2) is 6.96. The van der Waals surface area contributed by atoms with Crippen LogP contribution in [-0.4, -0.2) is 24.5 Å². The summed E-state index contributed by atoms with van der Waals surface area (Å²) in [5.74, 6) is 0.752. The summed E-state index contributed by atoms with van der Waals surface area (Å²) >= 11 is 1.78. The van der Waals surface area contributed by atoms with Gasteiger partial charge in [0.2, 0.25) is 0 Å². The molecule has 4 rings (SSSR count). The van der Waals surface area contributed by atoms with Gasteiger partial charge >= 0.3 is 0 Å². The molecule has 1 aromatic heterocycles. The summed E-state index contributed by atoms with van der Waals surface area (Å²) in [7, 11) is 1.62. The van der Waals surface area contributed by atoms with Gasteiger partial charge < -0.3 is 9.64 Å². The molecule has 3 nitrogen and oxygen atoms in total. The standard InChI is InChI=1S/C22H21NO2S/c1-15-6-8-16(9-7-15)21-19-11-13-26-20(19)10-12-23(21)22(24)17-4-3-5-18(14-17)25-2/h3-9,11,13-14,21H,10,12H2,1-2H3/t21-/m1/s1. The van der Waals surface area contributed by atoms with E-state index in [1.807, 2.05) is 29.2 Å². The topological polar surface area (TPSA) is 29.5 Å². The lowest BCUT2D eigenvalue weighted by Gasteiger charge is -2.36. The summed E-state index contributed by atoms with van der Waals surface area (Å²) in [4.78, 5) is 16.7. The third kappa shape index (κ3) is 3.01. The van der Waals surface area contributed by atoms with Gasteiger partial charge in [0, 0.05) is 17.0 Å². The van der Waals surface area contributed by atoms with Crippen LogP contribution >= 0.6 is 11.3 Å². The summed E-state index contributed by atoms with van der Waals surface area (Å²) in [6.07, 6.45) is 0.908. The van der Waals surface area contributed by atoms with Crippen molar-refractivity contribution in [2.75, 3.05) is 13.7 Å². The van der Waals surface area contributed by atoms with Crippen molar-refractivity contribution in [2.24, 2.45) is 0 Å². The van der Waals surface area contributed by atoms with E-state index < -0.39 is 0 Å². The molecule has 2 aromatic carbocycles. The lowest BCUT2D eigenvalue weighted by molar-refractivity contribution is 0.0695. The molecule has 0 radical (unpaired) electrons. The van der Waals surface area contributed by atoms with Crippen molar-refractivity contribution in [3.05, 3.63) is 87.1 Å². The van der Waals surface area contributed by atoms with E-state index in [1.54, 1.807) is 18.4 Å². The largest absolute Gasteiger partial charge is 0.497 e. The van der Waals surface area contributed by atoms with E-state index in [4.69, 9.17) is 4.74 Å². The van der Waals surface area contributed by atoms with Gasteiger partial charge in [-0.3, -0.25) is 4.79 Å². The highest BCUT2D eigenvalue weighted by Gasteiger charge is 2.33. The van der Waals surface area contributed by atoms with Crippen molar-refractivity contribution >= 4 is 17.2 Å². The Morgan fingerprint density at radius 2 is 1.96 bits per heavy atom. The maximum atomic E-state index is 13.3. The number of ether oxygens (including phenoxy) is 1. The Balaban J connectivity index is 1.76. The third-order valence-corrected chi connectivity index (χ3v) is 5.93. The Labute approximate surface area is 157 Å². The highest BCUT2D eigenvalue weighted by atomic mass is 32.1. The molecular formula is C22H21NO2S. The average Bonchev–Trinajstić information content (AvgIpc) is 3.16. The third-order valence-electron chi connectivity index (χ3n) is 4.94. The number of thiophene rings is 1. The fraction of sp³-hybridized carbons (Fsp3) is 0.227. The molecule has 0 saturated heterocycles. The monoisotopic (exact) mass is 363 g/mol. The van der Waals surface area contributed by atoms with Gasteiger partial charge in [-0.05, 0) is 54.1 Å². The van der Waals surface area contributed by atoms with E-state index >= 15 is 0 Å². The summed E-state index contributed by atoms with van der Waals surface area (Å²) in [6.45, 7) is 2.81. The molecule has 0 saturated carbocycles. The van der Waals surface area contributed by atoms with Crippen LogP contribution in [0.3, 0.4) is 0 Å². The van der Waals surface area contributed by atoms with E-state index in [1.165, 1.54) is 16.0 Å². The molecule has 2 heterocycles. The smallest absolute Gasteiger partial charge is 0.254 e. The maximum Gasteiger partial charge on any atom is 0.254 e. The van der Waals surface area contributed by atoms with Crippen molar-refractivity contribution < 1.29 is 9.53 Å². The molecular weight excluding hydrogens is 342 g/mol. The number of benzene rings is 2. The highest BCUT2D eigenvalue weighted by molar-refractivity contribution is 7.10. The van der Waals surface area contributed by atoms with E-state index in [9.17, 15) is 4.79 Å². The molecule has 1 amide bonds. The van der Waals surface area contributed by atoms with Crippen LogP contribution in [0.4, 0.5) is 0 Å². The number of rotatable bonds is 3. The Bertz CT molecular complexity index is 929. The van der Waals surface area contributed by atoms with E-state index in [-0.39, 0.29) is 11.9 Å². The zero-order valence-corrected chi connectivity index (χ0v) is 15.8. The molecule has 0 unspecified atom stereocenters. The van der Waals surface area contributed by atoms with Gasteiger partial charge in [-0.2, -0.15) is 0 Å². The van der Waals surface area contributed by atoms with Crippen LogP contribution in [0.1, 0.15) is 38.0 Å². The normalized spacial score (nSPS) is 16.2. The number of nitrogens with zero attached hydrogens (tertiary/aromatic N) is 1. The van der Waals surface area contributed by atoms with Crippen molar-refractivity contribution in [2.45, 2.75) is 19.4 Å². The molecule has 1 aliphatic rings. The zero-order valence-electron chi connectivity index (χ0n) is 14.9. The second-order valence-corrected chi connectivity index (χ2v) is 7.59. The first-order valence-corrected chi connectivity index (χ1v) is 9.63. The van der Waals surface area contributed by atoms with E-state index in [0.29, 0.717) is 11.3 Å². The zero-order chi connectivity index (χ0) is 18.1. The molecule has 0 bridgehead atoms. The lowest BCUT2D eigenvalue weighted by Crippen LogP contribution is -2.40. The minimum absolute atomic E-state index is 0.0377. The van der Waals surface area contributed by atoms with Crippen LogP contribution in [0.2, 0.25) is 0 Å². The molecule has 3 aromatic rings. The molecule has 0 N–H and O–H groups in total. The minimum atomic E-state index is -0.0377. The summed E-state index contributed by atoms with van der Waals surface area (Å²) in [5, 5.41) is 2.13. The fourth-order valence-electron chi connectivity index (χ4n) is 3.57. The molecule has 0 fully saturated rings. The summed E-state index contributed by atoms with van der Waals surface area (Å²) < 4.78 is 5.29. The number of carbonyl (C=O) groups excluding carboxylic acids is 1. The van der Waals surface area contributed by atoms with Crippen molar-refractivity contribution in [1.29, 1.82) is 0 Å². The van der Waals surface area contributed by atoms with Gasteiger partial charge in [-0.15, -0.1) is 11.3 Å². The van der Waals surface area contributed by atoms with E-state index in [2.05, 4.69) is 42.6 Å². The van der Waals surface area contributed by atoms with Gasteiger partial charge in [0.1, 0.15) is 5.75 Å². The Morgan fingerprint density at radius 1 is 1.15 bits per heavy atom. The summed E-state index contributed by atoms with van der Waals surface area (Å²) in [6, 6.07) is 18.0. The lowest BCUT2D eigenvalue weighted by atomic mass is 9.92. The Hall–Kier alpha value is -2.59. The number of hydrogen-bond donors (Lipinski definition) is 0. The van der Waals surface area contributed by atoms with Gasteiger partial charge in [0.15, 0.2) is 0 Å². The Morgan fingerprint density at radius 3 is 2.73 bits per heavy atom. The molecule has 26 heavy (non-hydrogen) atoms. The second-order valence-electron chi connectivity index (χ2n) is 6.59. The quantitative estimate of drug-likeness (QED) is 0.665. The highest BCUT2D eigenvalue weighted by Crippen LogP contribution is 2.38. The van der Waals surface area contributed by atoms with Gasteiger partial charge in [-0.1, -0.05) is 35.9 Å². The number of methoxy groups -OCH3 is 1. The first-order valence-electron chi connectivity index (χ1n) is 8.75. The van der Waals surface area contributed by atoms with Crippen LogP contribution < -0.4 is 4.74 Å². The number of fused-ring (bicyclic) bond motifs is 1. The average molecular weight is 363 g/mol.